The molecule has 0 bridgehead atoms. The largest absolute Gasteiger partial charge is 0.476 e. The van der Waals surface area contributed by atoms with Crippen molar-refractivity contribution in [3.63, 3.8) is 0 Å². The Labute approximate surface area is 130 Å². The molecule has 2 aliphatic carbocycles. The maximum Gasteiger partial charge on any atom is 0.231 e. The quantitative estimate of drug-likeness (QED) is 0.903. The third kappa shape index (κ3) is 3.95. The molecule has 5 heteroatoms. The Morgan fingerprint density at radius 1 is 1.45 bits per heavy atom. The number of hydrogen-bond donors (Lipinski definition) is 1. The zero-order chi connectivity index (χ0) is 15.4. The molecular weight excluding hydrogens is 278 g/mol. The fraction of sp³-hybridized carbons (Fsp3) is 0.412. The average Bonchev–Trinajstić information content (AvgIpc) is 3.37. The van der Waals surface area contributed by atoms with E-state index < -0.39 is 0 Å². The van der Waals surface area contributed by atoms with Gasteiger partial charge in [-0.05, 0) is 42.9 Å². The number of nitrogens with zero attached hydrogens (tertiary/aromatic N) is 3. The summed E-state index contributed by atoms with van der Waals surface area (Å²) in [5.74, 6) is 1.32. The molecule has 0 spiro atoms. The van der Waals surface area contributed by atoms with Crippen molar-refractivity contribution in [2.75, 3.05) is 13.7 Å². The molecule has 22 heavy (non-hydrogen) atoms. The second kappa shape index (κ2) is 6.75. The van der Waals surface area contributed by atoms with Crippen LogP contribution in [0.4, 0.5) is 0 Å². The molecule has 1 N–H and O–H groups in total. The SMILES string of the molecule is CN=c1ccc(OCC2CC2)nn1/C=C/C1=CCC(O)C=C1. The third-order valence-electron chi connectivity index (χ3n) is 3.72. The van der Waals surface area contributed by atoms with Crippen molar-refractivity contribution in [2.24, 2.45) is 10.9 Å². The van der Waals surface area contributed by atoms with Crippen LogP contribution in [0.2, 0.25) is 0 Å². The van der Waals surface area contributed by atoms with Gasteiger partial charge in [0.25, 0.3) is 0 Å². The molecule has 5 nitrogen and oxygen atoms in total. The number of aliphatic hydroxyl groups excluding tert-OH is 1. The molecule has 0 radical (unpaired) electrons. The summed E-state index contributed by atoms with van der Waals surface area (Å²) >= 11 is 0. The van der Waals surface area contributed by atoms with Gasteiger partial charge in [-0.2, -0.15) is 0 Å². The minimum atomic E-state index is -0.372. The minimum absolute atomic E-state index is 0.372. The Morgan fingerprint density at radius 2 is 2.32 bits per heavy atom. The molecule has 116 valence electrons. The van der Waals surface area contributed by atoms with Crippen molar-refractivity contribution in [1.82, 2.24) is 9.78 Å². The van der Waals surface area contributed by atoms with Crippen LogP contribution in [0.15, 0.2) is 47.0 Å². The van der Waals surface area contributed by atoms with Crippen LogP contribution in [0.5, 0.6) is 5.88 Å². The van der Waals surface area contributed by atoms with Crippen LogP contribution >= 0.6 is 0 Å². The zero-order valence-corrected chi connectivity index (χ0v) is 12.7. The number of aromatic nitrogens is 2. The molecule has 2 aliphatic rings. The van der Waals surface area contributed by atoms with Crippen LogP contribution in [0.1, 0.15) is 19.3 Å². The number of allylic oxidation sites excluding steroid dienone is 3. The number of aliphatic hydroxyl groups is 1. The summed E-state index contributed by atoms with van der Waals surface area (Å²) < 4.78 is 7.42. The van der Waals surface area contributed by atoms with E-state index in [-0.39, 0.29) is 6.10 Å². The van der Waals surface area contributed by atoms with Gasteiger partial charge in [0, 0.05) is 19.3 Å². The first kappa shape index (κ1) is 14.8. The van der Waals surface area contributed by atoms with Gasteiger partial charge in [-0.25, -0.2) is 4.68 Å². The van der Waals surface area contributed by atoms with E-state index in [1.807, 2.05) is 36.6 Å². The molecular formula is C17H21N3O2. The first-order chi connectivity index (χ1) is 10.7. The Kier molecular flexibility index (Phi) is 4.53. The molecule has 0 saturated heterocycles. The van der Waals surface area contributed by atoms with Crippen LogP contribution in [-0.2, 0) is 0 Å². The van der Waals surface area contributed by atoms with Gasteiger partial charge in [-0.1, -0.05) is 18.2 Å². The second-order valence-electron chi connectivity index (χ2n) is 5.63. The summed E-state index contributed by atoms with van der Waals surface area (Å²) in [5, 5.41) is 13.9. The van der Waals surface area contributed by atoms with Crippen LogP contribution in [0, 0.1) is 5.92 Å². The highest BCUT2D eigenvalue weighted by atomic mass is 16.5. The molecule has 1 saturated carbocycles. The fourth-order valence-corrected chi connectivity index (χ4v) is 2.17. The lowest BCUT2D eigenvalue weighted by Gasteiger charge is -2.09. The summed E-state index contributed by atoms with van der Waals surface area (Å²) in [4.78, 5) is 4.21. The van der Waals surface area contributed by atoms with Crippen LogP contribution < -0.4 is 10.2 Å². The fourth-order valence-electron chi connectivity index (χ4n) is 2.17. The van der Waals surface area contributed by atoms with E-state index in [0.29, 0.717) is 18.2 Å². The van der Waals surface area contributed by atoms with Crippen molar-refractivity contribution in [3.8, 4) is 5.88 Å². The standard InChI is InChI=1S/C17H21N3O2/c1-18-16-8-9-17(22-12-14-2-3-14)19-20(16)11-10-13-4-6-15(21)7-5-13/h4-6,8-11,14-15,21H,2-3,7,12H2,1H3/b11-10+,18-16?. The highest BCUT2D eigenvalue weighted by Gasteiger charge is 2.22. The van der Waals surface area contributed by atoms with Crippen molar-refractivity contribution in [2.45, 2.75) is 25.4 Å². The van der Waals surface area contributed by atoms with Crippen LogP contribution in [-0.4, -0.2) is 34.6 Å². The van der Waals surface area contributed by atoms with Crippen molar-refractivity contribution in [1.29, 1.82) is 0 Å². The molecule has 3 rings (SSSR count). The number of hydrogen-bond acceptors (Lipinski definition) is 4. The molecule has 0 aliphatic heterocycles. The van der Waals surface area contributed by atoms with Crippen molar-refractivity contribution >= 4 is 6.20 Å². The van der Waals surface area contributed by atoms with E-state index >= 15 is 0 Å². The van der Waals surface area contributed by atoms with Gasteiger partial charge in [-0.15, -0.1) is 5.10 Å². The van der Waals surface area contributed by atoms with Gasteiger partial charge in [0.2, 0.25) is 5.88 Å². The monoisotopic (exact) mass is 299 g/mol. The highest BCUT2D eigenvalue weighted by molar-refractivity contribution is 5.41. The van der Waals surface area contributed by atoms with Gasteiger partial charge in [0.15, 0.2) is 0 Å². The molecule has 1 atom stereocenters. The average molecular weight is 299 g/mol. The van der Waals surface area contributed by atoms with E-state index in [0.717, 1.165) is 17.7 Å². The van der Waals surface area contributed by atoms with Gasteiger partial charge in [-0.3, -0.25) is 4.99 Å². The summed E-state index contributed by atoms with van der Waals surface area (Å²) in [6.45, 7) is 0.741. The van der Waals surface area contributed by atoms with Gasteiger partial charge < -0.3 is 9.84 Å². The first-order valence-corrected chi connectivity index (χ1v) is 7.65. The maximum atomic E-state index is 9.44. The zero-order valence-electron chi connectivity index (χ0n) is 12.7. The Bertz CT molecular complexity index is 681. The molecule has 1 fully saturated rings. The van der Waals surface area contributed by atoms with Crippen LogP contribution in [0.25, 0.3) is 6.20 Å². The Hall–Kier alpha value is -2.14. The first-order valence-electron chi connectivity index (χ1n) is 7.65. The molecule has 0 aromatic carbocycles. The summed E-state index contributed by atoms with van der Waals surface area (Å²) in [7, 11) is 1.74. The van der Waals surface area contributed by atoms with E-state index in [1.165, 1.54) is 12.8 Å². The van der Waals surface area contributed by atoms with E-state index in [9.17, 15) is 5.11 Å². The predicted octanol–water partition coefficient (Wildman–Crippen LogP) is 1.92. The summed E-state index contributed by atoms with van der Waals surface area (Å²) in [6.07, 6.45) is 12.3. The Morgan fingerprint density at radius 3 is 3.00 bits per heavy atom. The molecule has 1 heterocycles. The van der Waals surface area contributed by atoms with Crippen LogP contribution in [0.3, 0.4) is 0 Å². The van der Waals surface area contributed by atoms with E-state index in [4.69, 9.17) is 4.74 Å². The summed E-state index contributed by atoms with van der Waals surface area (Å²) in [6, 6.07) is 3.75. The van der Waals surface area contributed by atoms with Gasteiger partial charge in [0.05, 0.1) is 12.7 Å². The van der Waals surface area contributed by atoms with Crippen molar-refractivity contribution < 1.29 is 9.84 Å². The molecule has 0 amide bonds. The summed E-state index contributed by atoms with van der Waals surface area (Å²) in [5.41, 5.74) is 1.81. The minimum Gasteiger partial charge on any atom is -0.476 e. The van der Waals surface area contributed by atoms with E-state index in [1.54, 1.807) is 17.8 Å². The molecule has 1 unspecified atom stereocenters. The third-order valence-corrected chi connectivity index (χ3v) is 3.72. The lowest BCUT2D eigenvalue weighted by atomic mass is 10.1. The topological polar surface area (TPSA) is 59.6 Å². The highest BCUT2D eigenvalue weighted by Crippen LogP contribution is 2.29. The smallest absolute Gasteiger partial charge is 0.231 e. The maximum absolute atomic E-state index is 9.44. The van der Waals surface area contributed by atoms with Gasteiger partial charge in [0.1, 0.15) is 5.49 Å². The Balaban J connectivity index is 1.75. The normalized spacial score (nSPS) is 22.2. The van der Waals surface area contributed by atoms with E-state index in [2.05, 4.69) is 10.1 Å². The number of ether oxygens (including phenoxy) is 1. The lowest BCUT2D eigenvalue weighted by molar-refractivity contribution is 0.225. The molecule has 1 aromatic rings. The molecule has 1 aromatic heterocycles. The predicted molar refractivity (Wildman–Crippen MR) is 85.1 cm³/mol. The van der Waals surface area contributed by atoms with Gasteiger partial charge >= 0.3 is 0 Å². The van der Waals surface area contributed by atoms with Crippen molar-refractivity contribution in [3.05, 3.63) is 47.5 Å². The number of rotatable bonds is 5. The second-order valence-corrected chi connectivity index (χ2v) is 5.63. The lowest BCUT2D eigenvalue weighted by Crippen LogP contribution is -2.19.